The molecule has 51 heavy (non-hydrogen) atoms. The maximum atomic E-state index is 12.8. The van der Waals surface area contributed by atoms with Gasteiger partial charge in [0.2, 0.25) is 0 Å². The zero-order valence-corrected chi connectivity index (χ0v) is 27.6. The molecule has 0 bridgehead atoms. The molecule has 4 aromatic carbocycles. The molecule has 0 aliphatic rings. The van der Waals surface area contributed by atoms with E-state index in [-0.39, 0.29) is 39.9 Å². The van der Waals surface area contributed by atoms with Gasteiger partial charge in [-0.05, 0) is 124 Å². The van der Waals surface area contributed by atoms with Crippen molar-refractivity contribution in [3.05, 3.63) is 131 Å². The van der Waals surface area contributed by atoms with E-state index in [9.17, 15) is 29.1 Å². The Morgan fingerprint density at radius 3 is 1.69 bits per heavy atom. The minimum atomic E-state index is -1.42. The molecule has 0 unspecified atom stereocenters. The van der Waals surface area contributed by atoms with Crippen LogP contribution in [0.5, 0.6) is 23.0 Å². The second-order valence-corrected chi connectivity index (χ2v) is 11.0. The van der Waals surface area contributed by atoms with Crippen LogP contribution >= 0.6 is 0 Å². The summed E-state index contributed by atoms with van der Waals surface area (Å²) in [5.74, 6) is -3.76. The van der Waals surface area contributed by atoms with E-state index in [4.69, 9.17) is 28.9 Å². The average Bonchev–Trinajstić information content (AvgIpc) is 3.13. The van der Waals surface area contributed by atoms with Crippen LogP contribution in [0.2, 0.25) is 0 Å². The van der Waals surface area contributed by atoms with Crippen molar-refractivity contribution < 1.29 is 52.8 Å². The van der Waals surface area contributed by atoms with Crippen LogP contribution in [0.4, 0.5) is 0 Å². The predicted octanol–water partition coefficient (Wildman–Crippen LogP) is 6.97. The lowest BCUT2D eigenvalue weighted by molar-refractivity contribution is -0.139. The van der Waals surface area contributed by atoms with E-state index >= 15 is 0 Å². The number of carboxylic acids is 1. The molecule has 0 fully saturated rings. The monoisotopic (exact) mass is 691 g/mol. The summed E-state index contributed by atoms with van der Waals surface area (Å²) in [7, 11) is 0. The number of aromatic carboxylic acids is 1. The van der Waals surface area contributed by atoms with Crippen LogP contribution in [0.1, 0.15) is 79.6 Å². The van der Waals surface area contributed by atoms with Crippen LogP contribution in [0, 0.1) is 11.3 Å². The number of carbonyl (C=O) groups is 5. The fraction of sp³-hybridized carbons (Fsp3) is 0.179. The Balaban J connectivity index is 1.26. The Morgan fingerprint density at radius 2 is 1.14 bits per heavy atom. The average molecular weight is 692 g/mol. The molecule has 260 valence electrons. The second-order valence-electron chi connectivity index (χ2n) is 11.0. The highest BCUT2D eigenvalue weighted by Gasteiger charge is 2.19. The molecule has 4 rings (SSSR count). The van der Waals surface area contributed by atoms with Gasteiger partial charge in [0.15, 0.2) is 0 Å². The zero-order valence-electron chi connectivity index (χ0n) is 27.6. The van der Waals surface area contributed by atoms with Gasteiger partial charge in [0.1, 0.15) is 28.6 Å². The summed E-state index contributed by atoms with van der Waals surface area (Å²) < 4.78 is 26.7. The predicted molar refractivity (Wildman–Crippen MR) is 182 cm³/mol. The Bertz CT molecular complexity index is 1940. The smallest absolute Gasteiger partial charge is 0.343 e. The number of esters is 4. The van der Waals surface area contributed by atoms with Gasteiger partial charge in [0.05, 0.1) is 41.5 Å². The number of hydrogen-bond acceptors (Lipinski definition) is 11. The van der Waals surface area contributed by atoms with Crippen LogP contribution in [0.15, 0.2) is 103 Å². The van der Waals surface area contributed by atoms with E-state index in [0.717, 1.165) is 31.7 Å². The van der Waals surface area contributed by atoms with Crippen molar-refractivity contribution in [3.8, 4) is 29.1 Å². The number of hydrogen-bond donors (Lipinski definition) is 1. The van der Waals surface area contributed by atoms with E-state index in [1.54, 1.807) is 19.1 Å². The molecule has 1 N–H and O–H groups in total. The van der Waals surface area contributed by atoms with Gasteiger partial charge < -0.3 is 28.8 Å². The lowest BCUT2D eigenvalue weighted by Gasteiger charge is -2.11. The summed E-state index contributed by atoms with van der Waals surface area (Å²) in [6, 6.07) is 23.1. The third-order valence-corrected chi connectivity index (χ3v) is 7.12. The van der Waals surface area contributed by atoms with Crippen molar-refractivity contribution in [1.82, 2.24) is 0 Å². The molecule has 0 aliphatic heterocycles. The first-order valence-electron chi connectivity index (χ1n) is 15.7. The summed E-state index contributed by atoms with van der Waals surface area (Å²) in [6.45, 7) is 5.95. The van der Waals surface area contributed by atoms with E-state index in [2.05, 4.69) is 6.58 Å². The fourth-order valence-corrected chi connectivity index (χ4v) is 4.38. The Kier molecular flexibility index (Phi) is 13.2. The number of benzene rings is 4. The summed E-state index contributed by atoms with van der Waals surface area (Å²) >= 11 is 0. The Labute approximate surface area is 293 Å². The summed E-state index contributed by atoms with van der Waals surface area (Å²) in [4.78, 5) is 61.2. The van der Waals surface area contributed by atoms with Gasteiger partial charge in [-0.25, -0.2) is 24.0 Å². The molecule has 0 aromatic heterocycles. The molecule has 0 saturated heterocycles. The maximum Gasteiger partial charge on any atom is 0.343 e. The van der Waals surface area contributed by atoms with Crippen LogP contribution in [0.25, 0.3) is 0 Å². The van der Waals surface area contributed by atoms with E-state index in [0.29, 0.717) is 30.1 Å². The number of nitrogens with zero attached hydrogens (tertiary/aromatic N) is 1. The SMILES string of the molecule is C=C(C)C(=O)OCCCCCCOc1ccc(C(=O)Oc2ccc(OC(=O)c3ccc(OC(=O)c4ccc(C#N)cc4)cc3)c(C(=O)O)c2)cc1. The van der Waals surface area contributed by atoms with Gasteiger partial charge in [-0.15, -0.1) is 0 Å². The van der Waals surface area contributed by atoms with Crippen LogP contribution in [-0.4, -0.2) is 48.2 Å². The van der Waals surface area contributed by atoms with Gasteiger partial charge in [0.25, 0.3) is 0 Å². The van der Waals surface area contributed by atoms with Gasteiger partial charge in [0, 0.05) is 5.57 Å². The van der Waals surface area contributed by atoms with E-state index in [1.807, 2.05) is 6.07 Å². The number of nitriles is 1. The van der Waals surface area contributed by atoms with Crippen molar-refractivity contribution in [2.24, 2.45) is 0 Å². The lowest BCUT2D eigenvalue weighted by Crippen LogP contribution is -2.13. The molecule has 12 heteroatoms. The first kappa shape index (κ1) is 37.1. The maximum absolute atomic E-state index is 12.8. The van der Waals surface area contributed by atoms with Gasteiger partial charge >= 0.3 is 29.8 Å². The van der Waals surface area contributed by atoms with E-state index in [1.165, 1.54) is 72.8 Å². The van der Waals surface area contributed by atoms with Gasteiger partial charge in [-0.1, -0.05) is 6.58 Å². The lowest BCUT2D eigenvalue weighted by atomic mass is 10.1. The van der Waals surface area contributed by atoms with Gasteiger partial charge in [-0.2, -0.15) is 5.26 Å². The normalized spacial score (nSPS) is 10.3. The van der Waals surface area contributed by atoms with Crippen molar-refractivity contribution in [3.63, 3.8) is 0 Å². The first-order valence-corrected chi connectivity index (χ1v) is 15.7. The van der Waals surface area contributed by atoms with Crippen molar-refractivity contribution >= 4 is 29.8 Å². The standard InChI is InChI=1S/C39H33NO11/c1-25(2)36(43)48-22-6-4-3-5-21-47-30-15-11-28(12-16-30)38(45)50-32-19-20-34(33(23-32)35(41)42)51-39(46)29-13-17-31(18-14-29)49-37(44)27-9-7-26(24-40)8-10-27/h7-20,23H,1,3-6,21-22H2,2H3,(H,41,42). The topological polar surface area (TPSA) is 176 Å². The summed E-state index contributed by atoms with van der Waals surface area (Å²) in [5.41, 5.74) is 0.821. The quantitative estimate of drug-likeness (QED) is 0.0553. The highest BCUT2D eigenvalue weighted by atomic mass is 16.5. The second kappa shape index (κ2) is 18.1. The molecule has 0 heterocycles. The third-order valence-electron chi connectivity index (χ3n) is 7.12. The molecule has 0 radical (unpaired) electrons. The van der Waals surface area contributed by atoms with Crippen molar-refractivity contribution in [1.29, 1.82) is 5.26 Å². The van der Waals surface area contributed by atoms with Crippen LogP contribution < -0.4 is 18.9 Å². The van der Waals surface area contributed by atoms with Crippen molar-refractivity contribution in [2.45, 2.75) is 32.6 Å². The highest BCUT2D eigenvalue weighted by molar-refractivity contribution is 5.97. The molecule has 12 nitrogen and oxygen atoms in total. The zero-order chi connectivity index (χ0) is 36.8. The summed E-state index contributed by atoms with van der Waals surface area (Å²) in [5, 5.41) is 18.6. The molecule has 0 saturated carbocycles. The number of ether oxygens (including phenoxy) is 5. The first-order chi connectivity index (χ1) is 24.5. The van der Waals surface area contributed by atoms with Crippen LogP contribution in [-0.2, 0) is 9.53 Å². The molecular formula is C39H33NO11. The summed E-state index contributed by atoms with van der Waals surface area (Å²) in [6.07, 6.45) is 3.31. The molecule has 0 spiro atoms. The number of carboxylic acid groups (broad SMARTS) is 1. The molecule has 0 aliphatic carbocycles. The minimum absolute atomic E-state index is 0.0475. The highest BCUT2D eigenvalue weighted by Crippen LogP contribution is 2.27. The molecular weight excluding hydrogens is 658 g/mol. The molecule has 4 aromatic rings. The number of carbonyl (C=O) groups excluding carboxylic acids is 4. The third kappa shape index (κ3) is 11.2. The fourth-order valence-electron chi connectivity index (χ4n) is 4.38. The van der Waals surface area contributed by atoms with Gasteiger partial charge in [-0.3, -0.25) is 0 Å². The molecule has 0 amide bonds. The Hall–Kier alpha value is -6.74. The van der Waals surface area contributed by atoms with E-state index < -0.39 is 29.4 Å². The van der Waals surface area contributed by atoms with Crippen LogP contribution in [0.3, 0.4) is 0 Å². The number of rotatable bonds is 16. The number of unbranched alkanes of at least 4 members (excludes halogenated alkanes) is 3. The van der Waals surface area contributed by atoms with Crippen molar-refractivity contribution in [2.75, 3.05) is 13.2 Å². The Morgan fingerprint density at radius 1 is 0.647 bits per heavy atom. The minimum Gasteiger partial charge on any atom is -0.494 e. The molecule has 0 atom stereocenters. The largest absolute Gasteiger partial charge is 0.494 e.